The molecule has 0 spiro atoms. The van der Waals surface area contributed by atoms with Crippen LogP contribution in [-0.2, 0) is 30.7 Å². The number of benzene rings is 2. The van der Waals surface area contributed by atoms with Crippen LogP contribution >= 0.6 is 11.6 Å². The monoisotopic (exact) mass is 603 g/mol. The molecule has 0 radical (unpaired) electrons. The Kier molecular flexibility index (Phi) is 11.4. The number of hydrogen-bond donors (Lipinski definition) is 2. The lowest BCUT2D eigenvalue weighted by molar-refractivity contribution is -0.122. The number of amides is 1. The van der Waals surface area contributed by atoms with Crippen LogP contribution in [0.15, 0.2) is 52.4 Å². The van der Waals surface area contributed by atoms with Crippen LogP contribution in [0.1, 0.15) is 37.5 Å². The van der Waals surface area contributed by atoms with Gasteiger partial charge in [-0.1, -0.05) is 35.9 Å². The summed E-state index contributed by atoms with van der Waals surface area (Å²) in [5.74, 6) is 0.0750. The highest BCUT2D eigenvalue weighted by molar-refractivity contribution is 7.91. The van der Waals surface area contributed by atoms with Gasteiger partial charge in [0.05, 0.1) is 47.8 Å². The lowest BCUT2D eigenvalue weighted by atomic mass is 10.1. The maximum Gasteiger partial charge on any atom is 0.416 e. The molecule has 0 saturated carbocycles. The Morgan fingerprint density at radius 1 is 1.15 bits per heavy atom. The molecule has 1 aliphatic heterocycles. The molecule has 41 heavy (non-hydrogen) atoms. The summed E-state index contributed by atoms with van der Waals surface area (Å²) in [7, 11) is -3.69. The average molecular weight is 604 g/mol. The third-order valence-corrected chi connectivity index (χ3v) is 7.73. The molecule has 1 heterocycles. The molecule has 0 aliphatic carbocycles. The van der Waals surface area contributed by atoms with Gasteiger partial charge in [0, 0.05) is 18.7 Å². The Morgan fingerprint density at radius 3 is 2.54 bits per heavy atom. The van der Waals surface area contributed by atoms with Crippen molar-refractivity contribution in [2.24, 2.45) is 4.99 Å². The van der Waals surface area contributed by atoms with Crippen molar-refractivity contribution in [1.29, 1.82) is 5.26 Å². The quantitative estimate of drug-likeness (QED) is 0.329. The number of carbonyl (C=O) groups is 2. The molecule has 0 atom stereocenters. The number of rotatable bonds is 13. The first-order chi connectivity index (χ1) is 19.4. The molecule has 0 unspecified atom stereocenters. The summed E-state index contributed by atoms with van der Waals surface area (Å²) in [6.07, 6.45) is -0.422. The molecule has 0 aromatic heterocycles. The van der Waals surface area contributed by atoms with E-state index in [4.69, 9.17) is 26.3 Å². The van der Waals surface area contributed by atoms with Crippen LogP contribution in [0.4, 0.5) is 4.79 Å². The van der Waals surface area contributed by atoms with Gasteiger partial charge in [0.15, 0.2) is 15.6 Å². The summed E-state index contributed by atoms with van der Waals surface area (Å²) >= 11 is 5.99. The molecule has 220 valence electrons. The summed E-state index contributed by atoms with van der Waals surface area (Å²) in [6, 6.07) is 13.5. The smallest absolute Gasteiger partial charge is 0.416 e. The zero-order valence-electron chi connectivity index (χ0n) is 23.3. The first-order valence-electron chi connectivity index (χ1n) is 13.0. The van der Waals surface area contributed by atoms with Gasteiger partial charge in [-0.2, -0.15) is 5.26 Å². The molecule has 0 bridgehead atoms. The number of nitrogens with one attached hydrogen (secondary N) is 2. The van der Waals surface area contributed by atoms with Crippen LogP contribution < -0.4 is 10.6 Å². The first kappa shape index (κ1) is 32.2. The van der Waals surface area contributed by atoms with E-state index in [1.165, 1.54) is 23.1 Å². The highest BCUT2D eigenvalue weighted by Crippen LogP contribution is 2.23. The number of nitriles is 1. The third kappa shape index (κ3) is 9.91. The summed E-state index contributed by atoms with van der Waals surface area (Å²) < 4.78 is 35.7. The SMILES string of the molecule is CC(C)(C)OC(=O)N1CCN=C1c1ccc(CNCC(=O)COCCNCS(=O)(=O)c2ccc(C#N)cc2Cl)cc1. The molecule has 1 amide bonds. The van der Waals surface area contributed by atoms with Crippen molar-refractivity contribution >= 4 is 39.2 Å². The van der Waals surface area contributed by atoms with Gasteiger partial charge in [-0.15, -0.1) is 0 Å². The molecule has 1 aliphatic rings. The van der Waals surface area contributed by atoms with Crippen molar-refractivity contribution in [3.8, 4) is 6.07 Å². The van der Waals surface area contributed by atoms with Gasteiger partial charge in [0.2, 0.25) is 0 Å². The second-order valence-electron chi connectivity index (χ2n) is 10.2. The summed E-state index contributed by atoms with van der Waals surface area (Å²) in [5.41, 5.74) is 1.45. The largest absolute Gasteiger partial charge is 0.443 e. The fourth-order valence-electron chi connectivity index (χ4n) is 3.80. The van der Waals surface area contributed by atoms with Crippen LogP contribution in [0, 0.1) is 11.3 Å². The lowest BCUT2D eigenvalue weighted by Gasteiger charge is -2.25. The lowest BCUT2D eigenvalue weighted by Crippen LogP contribution is -2.39. The van der Waals surface area contributed by atoms with Crippen LogP contribution in [0.25, 0.3) is 0 Å². The van der Waals surface area contributed by atoms with E-state index >= 15 is 0 Å². The number of sulfone groups is 1. The molecule has 13 heteroatoms. The Hall–Kier alpha value is -3.34. The van der Waals surface area contributed by atoms with E-state index < -0.39 is 21.5 Å². The van der Waals surface area contributed by atoms with Gasteiger partial charge in [-0.05, 0) is 44.5 Å². The molecule has 2 aromatic rings. The highest BCUT2D eigenvalue weighted by Gasteiger charge is 2.29. The first-order valence-corrected chi connectivity index (χ1v) is 15.0. The van der Waals surface area contributed by atoms with Gasteiger partial charge in [-0.3, -0.25) is 14.7 Å². The second kappa shape index (κ2) is 14.5. The molecule has 2 aromatic carbocycles. The minimum atomic E-state index is -3.69. The van der Waals surface area contributed by atoms with Crippen molar-refractivity contribution < 1.29 is 27.5 Å². The van der Waals surface area contributed by atoms with Crippen molar-refractivity contribution in [3.63, 3.8) is 0 Å². The summed E-state index contributed by atoms with van der Waals surface area (Å²) in [6.45, 7) is 7.29. The second-order valence-corrected chi connectivity index (χ2v) is 12.6. The van der Waals surface area contributed by atoms with E-state index in [2.05, 4.69) is 15.6 Å². The molecule has 2 N–H and O–H groups in total. The van der Waals surface area contributed by atoms with Gasteiger partial charge in [-0.25, -0.2) is 13.2 Å². The number of halogens is 1. The highest BCUT2D eigenvalue weighted by atomic mass is 35.5. The maximum atomic E-state index is 12.5. The molecule has 0 fully saturated rings. The molecular weight excluding hydrogens is 570 g/mol. The standard InChI is InChI=1S/C28H34ClN5O6S/c1-28(2,3)40-27(36)34-12-10-33-26(34)22-7-4-20(5-8-22)16-32-17-23(35)18-39-13-11-31-19-41(37,38)25-9-6-21(15-30)14-24(25)29/h4-9,14,31-32H,10-13,16-19H2,1-3H3. The average Bonchev–Trinajstić information content (AvgIpc) is 3.40. The van der Waals surface area contributed by atoms with Crippen molar-refractivity contribution in [3.05, 3.63) is 64.2 Å². The molecule has 3 rings (SSSR count). The molecular formula is C28H34ClN5O6S. The molecule has 0 saturated heterocycles. The van der Waals surface area contributed by atoms with Gasteiger partial charge in [0.25, 0.3) is 0 Å². The minimum Gasteiger partial charge on any atom is -0.443 e. The number of ketones is 1. The molecule has 11 nitrogen and oxygen atoms in total. The van der Waals surface area contributed by atoms with Crippen molar-refractivity contribution in [2.45, 2.75) is 37.8 Å². The van der Waals surface area contributed by atoms with E-state index in [0.29, 0.717) is 25.5 Å². The van der Waals surface area contributed by atoms with Crippen LogP contribution in [0.3, 0.4) is 0 Å². The normalized spacial score (nSPS) is 13.5. The number of nitrogens with zero attached hydrogens (tertiary/aromatic N) is 3. The Bertz CT molecular complexity index is 1410. The number of amidine groups is 1. The summed E-state index contributed by atoms with van der Waals surface area (Å²) in [5, 5.41) is 14.7. The Morgan fingerprint density at radius 2 is 1.88 bits per heavy atom. The summed E-state index contributed by atoms with van der Waals surface area (Å²) in [4.78, 5) is 30.6. The number of carbonyl (C=O) groups excluding carboxylic acids is 2. The van der Waals surface area contributed by atoms with Gasteiger partial charge < -0.3 is 20.1 Å². The Balaban J connectivity index is 1.33. The Labute approximate surface area is 245 Å². The van der Waals surface area contributed by atoms with E-state index in [0.717, 1.165) is 11.1 Å². The van der Waals surface area contributed by atoms with Crippen LogP contribution in [0.2, 0.25) is 5.02 Å². The predicted molar refractivity (Wildman–Crippen MR) is 155 cm³/mol. The van der Waals surface area contributed by atoms with E-state index in [-0.39, 0.29) is 53.4 Å². The van der Waals surface area contributed by atoms with Crippen molar-refractivity contribution in [1.82, 2.24) is 15.5 Å². The number of ether oxygens (including phenoxy) is 2. The van der Waals surface area contributed by atoms with Crippen LogP contribution in [-0.4, -0.2) is 81.9 Å². The number of hydrogen-bond acceptors (Lipinski definition) is 10. The van der Waals surface area contributed by atoms with E-state index in [1.54, 1.807) is 0 Å². The topological polar surface area (TPSA) is 150 Å². The fourth-order valence-corrected chi connectivity index (χ4v) is 5.53. The van der Waals surface area contributed by atoms with E-state index in [1.807, 2.05) is 51.1 Å². The van der Waals surface area contributed by atoms with Gasteiger partial charge >= 0.3 is 6.09 Å². The number of aliphatic imine (C=N–C) groups is 1. The van der Waals surface area contributed by atoms with E-state index in [9.17, 15) is 18.0 Å². The third-order valence-electron chi connectivity index (χ3n) is 5.69. The fraction of sp³-hybridized carbons (Fsp3) is 0.429. The van der Waals surface area contributed by atoms with Crippen molar-refractivity contribution in [2.75, 3.05) is 45.3 Å². The van der Waals surface area contributed by atoms with Crippen LogP contribution in [0.5, 0.6) is 0 Å². The van der Waals surface area contributed by atoms with Gasteiger partial charge in [0.1, 0.15) is 23.9 Å². The predicted octanol–water partition coefficient (Wildman–Crippen LogP) is 2.91. The zero-order valence-corrected chi connectivity index (χ0v) is 24.8. The zero-order chi connectivity index (χ0) is 30.0. The maximum absolute atomic E-state index is 12.5. The minimum absolute atomic E-state index is 0.0100. The number of Topliss-reactive ketones (excluding diaryl/α,β-unsaturated/α-hetero) is 1.